The van der Waals surface area contributed by atoms with Crippen LogP contribution < -0.4 is 10.1 Å². The Hall–Kier alpha value is -1.09. The van der Waals surface area contributed by atoms with Crippen molar-refractivity contribution in [1.29, 1.82) is 0 Å². The predicted octanol–water partition coefficient (Wildman–Crippen LogP) is 1.95. The van der Waals surface area contributed by atoms with Crippen molar-refractivity contribution in [3.8, 4) is 5.88 Å². The third-order valence-corrected chi connectivity index (χ3v) is 3.12. The maximum absolute atomic E-state index is 5.15. The smallest absolute Gasteiger partial charge is 0.213 e. The fourth-order valence-electron chi connectivity index (χ4n) is 2.30. The van der Waals surface area contributed by atoms with Crippen molar-refractivity contribution in [3.63, 3.8) is 0 Å². The minimum Gasteiger partial charge on any atom is -0.481 e. The van der Waals surface area contributed by atoms with E-state index in [9.17, 15) is 0 Å². The number of hydrogen-bond donors (Lipinski definition) is 1. The molecular weight excluding hydrogens is 188 g/mol. The first-order valence-corrected chi connectivity index (χ1v) is 5.59. The van der Waals surface area contributed by atoms with Gasteiger partial charge in [0.2, 0.25) is 5.88 Å². The van der Waals surface area contributed by atoms with Crippen LogP contribution in [0.3, 0.4) is 0 Å². The summed E-state index contributed by atoms with van der Waals surface area (Å²) in [5.41, 5.74) is 1.16. The third kappa shape index (κ3) is 2.12. The molecule has 3 nitrogen and oxygen atoms in total. The molecule has 0 amide bonds. The minimum atomic E-state index is 0.546. The number of nitrogens with zero attached hydrogens (tertiary/aromatic N) is 1. The number of methoxy groups -OCH3 is 1. The van der Waals surface area contributed by atoms with Gasteiger partial charge in [-0.1, -0.05) is 13.0 Å². The summed E-state index contributed by atoms with van der Waals surface area (Å²) in [6.07, 6.45) is 2.34. The maximum atomic E-state index is 5.15. The van der Waals surface area contributed by atoms with Gasteiger partial charge >= 0.3 is 0 Å². The summed E-state index contributed by atoms with van der Waals surface area (Å²) in [6.45, 7) is 3.32. The number of nitrogens with one attached hydrogen (secondary N) is 1. The second-order valence-corrected chi connectivity index (χ2v) is 3.97. The molecule has 2 unspecified atom stereocenters. The molecule has 2 rings (SSSR count). The molecule has 15 heavy (non-hydrogen) atoms. The molecule has 1 saturated heterocycles. The molecule has 0 spiro atoms. The summed E-state index contributed by atoms with van der Waals surface area (Å²) >= 11 is 0. The first-order chi connectivity index (χ1) is 7.35. The van der Waals surface area contributed by atoms with Gasteiger partial charge in [0.1, 0.15) is 0 Å². The van der Waals surface area contributed by atoms with Gasteiger partial charge in [0.15, 0.2) is 0 Å². The van der Waals surface area contributed by atoms with Crippen LogP contribution in [-0.4, -0.2) is 24.7 Å². The Balaban J connectivity index is 2.20. The van der Waals surface area contributed by atoms with Gasteiger partial charge in [-0.3, -0.25) is 0 Å². The van der Waals surface area contributed by atoms with Crippen molar-refractivity contribution in [2.24, 2.45) is 0 Å². The second kappa shape index (κ2) is 4.62. The van der Waals surface area contributed by atoms with E-state index in [0.717, 1.165) is 18.7 Å². The largest absolute Gasteiger partial charge is 0.481 e. The number of hydrogen-bond acceptors (Lipinski definition) is 3. The molecule has 0 radical (unpaired) electrons. The van der Waals surface area contributed by atoms with Gasteiger partial charge in [-0.2, -0.15) is 0 Å². The van der Waals surface area contributed by atoms with Gasteiger partial charge in [-0.25, -0.2) is 4.98 Å². The topological polar surface area (TPSA) is 34.1 Å². The van der Waals surface area contributed by atoms with Crippen LogP contribution in [-0.2, 0) is 0 Å². The van der Waals surface area contributed by atoms with E-state index in [4.69, 9.17) is 4.74 Å². The average Bonchev–Trinajstić information content (AvgIpc) is 2.77. The highest BCUT2D eigenvalue weighted by molar-refractivity contribution is 5.21. The lowest BCUT2D eigenvalue weighted by Gasteiger charge is -2.17. The van der Waals surface area contributed by atoms with Crippen molar-refractivity contribution in [2.75, 3.05) is 13.7 Å². The Morgan fingerprint density at radius 3 is 3.13 bits per heavy atom. The Morgan fingerprint density at radius 2 is 2.40 bits per heavy atom. The van der Waals surface area contributed by atoms with E-state index in [1.54, 1.807) is 7.11 Å². The van der Waals surface area contributed by atoms with E-state index in [0.29, 0.717) is 17.8 Å². The molecule has 1 aliphatic rings. The molecule has 1 fully saturated rings. The highest BCUT2D eigenvalue weighted by Gasteiger charge is 2.27. The lowest BCUT2D eigenvalue weighted by molar-refractivity contribution is 0.393. The number of rotatable bonds is 3. The standard InChI is InChI=1S/C12H18N2O/c1-3-10-9(7-8-13-10)11-5-4-6-12(14-11)15-2/h4-6,9-10,13H,3,7-8H2,1-2H3. The molecule has 0 bridgehead atoms. The van der Waals surface area contributed by atoms with E-state index in [1.807, 2.05) is 12.1 Å². The Labute approximate surface area is 90.9 Å². The van der Waals surface area contributed by atoms with Crippen molar-refractivity contribution in [1.82, 2.24) is 10.3 Å². The summed E-state index contributed by atoms with van der Waals surface area (Å²) < 4.78 is 5.15. The monoisotopic (exact) mass is 206 g/mol. The highest BCUT2D eigenvalue weighted by atomic mass is 16.5. The zero-order valence-electron chi connectivity index (χ0n) is 9.36. The Bertz CT molecular complexity index is 327. The molecular formula is C12H18N2O. The Kier molecular flexibility index (Phi) is 3.21. The van der Waals surface area contributed by atoms with Crippen LogP contribution >= 0.6 is 0 Å². The molecule has 1 aliphatic heterocycles. The highest BCUT2D eigenvalue weighted by Crippen LogP contribution is 2.28. The fourth-order valence-corrected chi connectivity index (χ4v) is 2.30. The Morgan fingerprint density at radius 1 is 1.53 bits per heavy atom. The van der Waals surface area contributed by atoms with Gasteiger partial charge in [0.25, 0.3) is 0 Å². The number of pyridine rings is 1. The average molecular weight is 206 g/mol. The molecule has 82 valence electrons. The van der Waals surface area contributed by atoms with Crippen LogP contribution in [0.1, 0.15) is 31.4 Å². The summed E-state index contributed by atoms with van der Waals surface area (Å²) in [6, 6.07) is 6.59. The lowest BCUT2D eigenvalue weighted by atomic mass is 9.95. The van der Waals surface area contributed by atoms with Crippen molar-refractivity contribution >= 4 is 0 Å². The number of aromatic nitrogens is 1. The molecule has 0 saturated carbocycles. The van der Waals surface area contributed by atoms with Gasteiger partial charge < -0.3 is 10.1 Å². The van der Waals surface area contributed by atoms with Crippen LogP contribution in [0.4, 0.5) is 0 Å². The lowest BCUT2D eigenvalue weighted by Crippen LogP contribution is -2.25. The summed E-state index contributed by atoms with van der Waals surface area (Å²) in [5.74, 6) is 1.26. The van der Waals surface area contributed by atoms with E-state index in [2.05, 4.69) is 23.3 Å². The van der Waals surface area contributed by atoms with Crippen molar-refractivity contribution < 1.29 is 4.74 Å². The molecule has 0 aromatic carbocycles. The zero-order valence-corrected chi connectivity index (χ0v) is 9.36. The fraction of sp³-hybridized carbons (Fsp3) is 0.583. The normalized spacial score (nSPS) is 25.5. The molecule has 2 atom stereocenters. The molecule has 2 heterocycles. The first-order valence-electron chi connectivity index (χ1n) is 5.59. The summed E-state index contributed by atoms with van der Waals surface area (Å²) in [5, 5.41) is 3.51. The van der Waals surface area contributed by atoms with Crippen molar-refractivity contribution in [3.05, 3.63) is 23.9 Å². The van der Waals surface area contributed by atoms with E-state index in [1.165, 1.54) is 6.42 Å². The zero-order chi connectivity index (χ0) is 10.7. The molecule has 0 aliphatic carbocycles. The summed E-state index contributed by atoms with van der Waals surface area (Å²) in [4.78, 5) is 4.51. The first kappa shape index (κ1) is 10.4. The molecule has 3 heteroatoms. The third-order valence-electron chi connectivity index (χ3n) is 3.12. The van der Waals surface area contributed by atoms with Crippen LogP contribution in [0.2, 0.25) is 0 Å². The van der Waals surface area contributed by atoms with E-state index >= 15 is 0 Å². The second-order valence-electron chi connectivity index (χ2n) is 3.97. The van der Waals surface area contributed by atoms with Gasteiger partial charge in [-0.05, 0) is 25.5 Å². The van der Waals surface area contributed by atoms with Crippen LogP contribution in [0.25, 0.3) is 0 Å². The van der Waals surface area contributed by atoms with Crippen LogP contribution in [0.5, 0.6) is 5.88 Å². The SMILES string of the molecule is CCC1NCCC1c1cccc(OC)n1. The van der Waals surface area contributed by atoms with Crippen molar-refractivity contribution in [2.45, 2.75) is 31.7 Å². The van der Waals surface area contributed by atoms with E-state index < -0.39 is 0 Å². The van der Waals surface area contributed by atoms with Gasteiger partial charge in [-0.15, -0.1) is 0 Å². The van der Waals surface area contributed by atoms with Gasteiger partial charge in [0, 0.05) is 23.7 Å². The molecule has 1 N–H and O–H groups in total. The van der Waals surface area contributed by atoms with Gasteiger partial charge in [0.05, 0.1) is 7.11 Å². The van der Waals surface area contributed by atoms with Crippen LogP contribution in [0.15, 0.2) is 18.2 Å². The predicted molar refractivity (Wildman–Crippen MR) is 60.2 cm³/mol. The molecule has 1 aromatic heterocycles. The van der Waals surface area contributed by atoms with Crippen LogP contribution in [0, 0.1) is 0 Å². The maximum Gasteiger partial charge on any atom is 0.213 e. The number of ether oxygens (including phenoxy) is 1. The van der Waals surface area contributed by atoms with E-state index in [-0.39, 0.29) is 0 Å². The minimum absolute atomic E-state index is 0.546. The quantitative estimate of drug-likeness (QED) is 0.820. The molecule has 1 aromatic rings. The summed E-state index contributed by atoms with van der Waals surface area (Å²) in [7, 11) is 1.66.